The molecule has 1 atom stereocenters. The maximum absolute atomic E-state index is 6.01. The standard InChI is InChI=1S/C12H17ClN2/c1-8(2)15-7-9-3-4-10(13)5-11(9)12(15)6-14/h3-5,8,12H,6-7,14H2,1-2H3. The molecule has 1 aliphatic heterocycles. The number of rotatable bonds is 2. The number of hydrogen-bond acceptors (Lipinski definition) is 2. The van der Waals surface area contributed by atoms with Gasteiger partial charge < -0.3 is 5.73 Å². The van der Waals surface area contributed by atoms with Crippen molar-refractivity contribution < 1.29 is 0 Å². The maximum atomic E-state index is 6.01. The summed E-state index contributed by atoms with van der Waals surface area (Å²) in [6.07, 6.45) is 0. The Morgan fingerprint density at radius 3 is 2.87 bits per heavy atom. The molecular weight excluding hydrogens is 208 g/mol. The van der Waals surface area contributed by atoms with E-state index in [1.165, 1.54) is 11.1 Å². The average molecular weight is 225 g/mol. The lowest BCUT2D eigenvalue weighted by atomic mass is 10.0. The minimum absolute atomic E-state index is 0.332. The molecule has 1 aromatic rings. The molecule has 3 heteroatoms. The first kappa shape index (κ1) is 10.9. The van der Waals surface area contributed by atoms with Crippen molar-refractivity contribution in [2.75, 3.05) is 6.54 Å². The van der Waals surface area contributed by atoms with E-state index in [0.29, 0.717) is 18.6 Å². The fourth-order valence-electron chi connectivity index (χ4n) is 2.31. The lowest BCUT2D eigenvalue weighted by Crippen LogP contribution is -2.33. The number of nitrogens with zero attached hydrogens (tertiary/aromatic N) is 1. The molecule has 1 heterocycles. The third kappa shape index (κ3) is 1.89. The molecule has 0 aromatic heterocycles. The minimum atomic E-state index is 0.332. The second-order valence-electron chi connectivity index (χ2n) is 4.36. The third-order valence-corrected chi connectivity index (χ3v) is 3.34. The summed E-state index contributed by atoms with van der Waals surface area (Å²) in [4.78, 5) is 2.42. The highest BCUT2D eigenvalue weighted by Crippen LogP contribution is 2.35. The second kappa shape index (κ2) is 4.12. The molecule has 0 saturated carbocycles. The van der Waals surface area contributed by atoms with Crippen LogP contribution < -0.4 is 5.73 Å². The molecule has 0 radical (unpaired) electrons. The van der Waals surface area contributed by atoms with E-state index in [2.05, 4.69) is 30.9 Å². The Morgan fingerprint density at radius 2 is 2.27 bits per heavy atom. The van der Waals surface area contributed by atoms with Gasteiger partial charge in [-0.2, -0.15) is 0 Å². The Labute approximate surface area is 96.0 Å². The molecule has 1 unspecified atom stereocenters. The largest absolute Gasteiger partial charge is 0.329 e. The zero-order valence-corrected chi connectivity index (χ0v) is 9.96. The SMILES string of the molecule is CC(C)N1Cc2ccc(Cl)cc2C1CN. The lowest BCUT2D eigenvalue weighted by molar-refractivity contribution is 0.172. The van der Waals surface area contributed by atoms with Gasteiger partial charge in [-0.1, -0.05) is 17.7 Å². The maximum Gasteiger partial charge on any atom is 0.0480 e. The summed E-state index contributed by atoms with van der Waals surface area (Å²) >= 11 is 6.01. The highest BCUT2D eigenvalue weighted by molar-refractivity contribution is 6.30. The molecule has 2 rings (SSSR count). The van der Waals surface area contributed by atoms with E-state index in [9.17, 15) is 0 Å². The van der Waals surface area contributed by atoms with Crippen LogP contribution in [0.2, 0.25) is 5.02 Å². The van der Waals surface area contributed by atoms with E-state index in [4.69, 9.17) is 17.3 Å². The summed E-state index contributed by atoms with van der Waals surface area (Å²) in [5.41, 5.74) is 8.51. The molecule has 2 nitrogen and oxygen atoms in total. The molecule has 2 N–H and O–H groups in total. The first-order valence-electron chi connectivity index (χ1n) is 5.37. The summed E-state index contributed by atoms with van der Waals surface area (Å²) in [6, 6.07) is 6.97. The molecule has 0 bridgehead atoms. The van der Waals surface area contributed by atoms with Crippen LogP contribution in [0.25, 0.3) is 0 Å². The third-order valence-electron chi connectivity index (χ3n) is 3.11. The van der Waals surface area contributed by atoms with Crippen LogP contribution in [0.3, 0.4) is 0 Å². The van der Waals surface area contributed by atoms with Crippen LogP contribution in [0.5, 0.6) is 0 Å². The number of halogens is 1. The molecule has 0 saturated heterocycles. The summed E-state index contributed by atoms with van der Waals surface area (Å²) in [5.74, 6) is 0. The fourth-order valence-corrected chi connectivity index (χ4v) is 2.49. The van der Waals surface area contributed by atoms with Crippen LogP contribution in [0, 0.1) is 0 Å². The zero-order valence-electron chi connectivity index (χ0n) is 9.20. The van der Waals surface area contributed by atoms with Gasteiger partial charge in [0.1, 0.15) is 0 Å². The molecule has 0 amide bonds. The van der Waals surface area contributed by atoms with Crippen LogP contribution in [0.4, 0.5) is 0 Å². The predicted molar refractivity (Wildman–Crippen MR) is 63.9 cm³/mol. The van der Waals surface area contributed by atoms with Gasteiger partial charge in [0, 0.05) is 30.2 Å². The van der Waals surface area contributed by atoms with Gasteiger partial charge in [-0.15, -0.1) is 0 Å². The number of fused-ring (bicyclic) bond motifs is 1. The number of hydrogen-bond donors (Lipinski definition) is 1. The molecule has 1 aliphatic rings. The van der Waals surface area contributed by atoms with Gasteiger partial charge in [0.25, 0.3) is 0 Å². The Balaban J connectivity index is 2.38. The summed E-state index contributed by atoms with van der Waals surface area (Å²) in [5, 5.41) is 0.804. The Kier molecular flexibility index (Phi) is 3.01. The second-order valence-corrected chi connectivity index (χ2v) is 4.80. The van der Waals surface area contributed by atoms with Crippen LogP contribution in [-0.4, -0.2) is 17.5 Å². The van der Waals surface area contributed by atoms with Crippen molar-refractivity contribution in [1.82, 2.24) is 4.90 Å². The Hall–Kier alpha value is -0.570. The van der Waals surface area contributed by atoms with Gasteiger partial charge in [0.2, 0.25) is 0 Å². The van der Waals surface area contributed by atoms with Crippen LogP contribution in [0.15, 0.2) is 18.2 Å². The van der Waals surface area contributed by atoms with E-state index >= 15 is 0 Å². The number of nitrogens with two attached hydrogens (primary N) is 1. The molecule has 0 spiro atoms. The van der Waals surface area contributed by atoms with Gasteiger partial charge >= 0.3 is 0 Å². The van der Waals surface area contributed by atoms with Crippen LogP contribution >= 0.6 is 11.6 Å². The lowest BCUT2D eigenvalue weighted by Gasteiger charge is -2.27. The molecular formula is C12H17ClN2. The number of benzene rings is 1. The predicted octanol–water partition coefficient (Wildman–Crippen LogP) is 2.56. The van der Waals surface area contributed by atoms with E-state index in [1.54, 1.807) is 0 Å². The quantitative estimate of drug-likeness (QED) is 0.837. The Morgan fingerprint density at radius 1 is 1.53 bits per heavy atom. The van der Waals surface area contributed by atoms with E-state index in [0.717, 1.165) is 11.6 Å². The van der Waals surface area contributed by atoms with Crippen molar-refractivity contribution in [2.24, 2.45) is 5.73 Å². The van der Waals surface area contributed by atoms with Gasteiger partial charge in [-0.05, 0) is 37.1 Å². The van der Waals surface area contributed by atoms with Crippen molar-refractivity contribution in [3.63, 3.8) is 0 Å². The van der Waals surface area contributed by atoms with E-state index < -0.39 is 0 Å². The van der Waals surface area contributed by atoms with Crippen molar-refractivity contribution in [3.8, 4) is 0 Å². The normalized spacial score (nSPS) is 21.0. The van der Waals surface area contributed by atoms with Gasteiger partial charge in [-0.25, -0.2) is 0 Å². The van der Waals surface area contributed by atoms with Gasteiger partial charge in [-0.3, -0.25) is 4.90 Å². The van der Waals surface area contributed by atoms with Crippen molar-refractivity contribution in [2.45, 2.75) is 32.5 Å². The molecule has 15 heavy (non-hydrogen) atoms. The van der Waals surface area contributed by atoms with Crippen molar-refractivity contribution >= 4 is 11.6 Å². The molecule has 82 valence electrons. The van der Waals surface area contributed by atoms with Crippen molar-refractivity contribution in [1.29, 1.82) is 0 Å². The smallest absolute Gasteiger partial charge is 0.0480 e. The van der Waals surface area contributed by atoms with Crippen molar-refractivity contribution in [3.05, 3.63) is 34.3 Å². The van der Waals surface area contributed by atoms with E-state index in [-0.39, 0.29) is 0 Å². The highest BCUT2D eigenvalue weighted by Gasteiger charge is 2.30. The summed E-state index contributed by atoms with van der Waals surface area (Å²) < 4.78 is 0. The average Bonchev–Trinajstić information content (AvgIpc) is 2.55. The summed E-state index contributed by atoms with van der Waals surface area (Å²) in [7, 11) is 0. The topological polar surface area (TPSA) is 29.3 Å². The first-order valence-corrected chi connectivity index (χ1v) is 5.75. The monoisotopic (exact) mass is 224 g/mol. The first-order chi connectivity index (χ1) is 7.13. The highest BCUT2D eigenvalue weighted by atomic mass is 35.5. The summed E-state index contributed by atoms with van der Waals surface area (Å²) in [6.45, 7) is 6.06. The van der Waals surface area contributed by atoms with E-state index in [1.807, 2.05) is 6.07 Å². The fraction of sp³-hybridized carbons (Fsp3) is 0.500. The Bertz CT molecular complexity index is 363. The molecule has 0 aliphatic carbocycles. The van der Waals surface area contributed by atoms with Gasteiger partial charge in [0.15, 0.2) is 0 Å². The van der Waals surface area contributed by atoms with Crippen LogP contribution in [0.1, 0.15) is 31.0 Å². The zero-order chi connectivity index (χ0) is 11.0. The molecule has 0 fully saturated rings. The minimum Gasteiger partial charge on any atom is -0.329 e. The van der Waals surface area contributed by atoms with Crippen LogP contribution in [-0.2, 0) is 6.54 Å². The van der Waals surface area contributed by atoms with Gasteiger partial charge in [0.05, 0.1) is 0 Å². The molecule has 1 aromatic carbocycles.